The highest BCUT2D eigenvalue weighted by atomic mass is 35.5. The predicted octanol–water partition coefficient (Wildman–Crippen LogP) is 3.41. The highest BCUT2D eigenvalue weighted by Gasteiger charge is 2.14. The van der Waals surface area contributed by atoms with E-state index in [9.17, 15) is 0 Å². The molecule has 0 aromatic carbocycles. The quantitative estimate of drug-likeness (QED) is 0.757. The van der Waals surface area contributed by atoms with Crippen LogP contribution in [-0.4, -0.2) is 23.6 Å². The van der Waals surface area contributed by atoms with Crippen molar-refractivity contribution in [3.8, 4) is 0 Å². The van der Waals surface area contributed by atoms with Gasteiger partial charge in [-0.1, -0.05) is 32.4 Å². The van der Waals surface area contributed by atoms with Crippen LogP contribution in [0.25, 0.3) is 0 Å². The monoisotopic (exact) mass is 241 g/mol. The summed E-state index contributed by atoms with van der Waals surface area (Å²) in [5.74, 6) is 2.06. The Balaban J connectivity index is 3.16. The van der Waals surface area contributed by atoms with Crippen LogP contribution in [0.4, 0.5) is 5.82 Å². The summed E-state index contributed by atoms with van der Waals surface area (Å²) in [7, 11) is 2.04. The average molecular weight is 242 g/mol. The first-order chi connectivity index (χ1) is 7.47. The SMILES string of the molecule is CCCN(C)c1nc(C(C)C)nc(Cl)c1C. The Kier molecular flexibility index (Phi) is 4.54. The Morgan fingerprint density at radius 1 is 1.31 bits per heavy atom. The Morgan fingerprint density at radius 2 is 1.94 bits per heavy atom. The van der Waals surface area contributed by atoms with Crippen LogP contribution in [0.2, 0.25) is 5.15 Å². The van der Waals surface area contributed by atoms with Crippen LogP contribution in [-0.2, 0) is 0 Å². The standard InChI is InChI=1S/C12H20ClN3/c1-6-7-16(5)12-9(4)10(13)14-11(15-12)8(2)3/h8H,6-7H2,1-5H3. The molecule has 1 aromatic rings. The minimum Gasteiger partial charge on any atom is -0.359 e. The highest BCUT2D eigenvalue weighted by Crippen LogP contribution is 2.25. The van der Waals surface area contributed by atoms with Gasteiger partial charge >= 0.3 is 0 Å². The van der Waals surface area contributed by atoms with E-state index < -0.39 is 0 Å². The maximum atomic E-state index is 6.13. The number of aromatic nitrogens is 2. The fraction of sp³-hybridized carbons (Fsp3) is 0.667. The normalized spacial score (nSPS) is 10.9. The fourth-order valence-corrected chi connectivity index (χ4v) is 1.74. The molecule has 0 N–H and O–H groups in total. The lowest BCUT2D eigenvalue weighted by Crippen LogP contribution is -2.21. The summed E-state index contributed by atoms with van der Waals surface area (Å²) < 4.78 is 0. The second-order valence-electron chi connectivity index (χ2n) is 4.40. The Bertz CT molecular complexity index is 364. The Labute approximate surface area is 103 Å². The van der Waals surface area contributed by atoms with Gasteiger partial charge < -0.3 is 4.90 Å². The van der Waals surface area contributed by atoms with Crippen molar-refractivity contribution in [1.29, 1.82) is 0 Å². The Morgan fingerprint density at radius 3 is 2.44 bits per heavy atom. The summed E-state index contributed by atoms with van der Waals surface area (Å²) in [5, 5.41) is 0.566. The van der Waals surface area contributed by atoms with E-state index in [1.54, 1.807) is 0 Å². The van der Waals surface area contributed by atoms with Crippen molar-refractivity contribution in [3.05, 3.63) is 16.5 Å². The molecule has 0 spiro atoms. The van der Waals surface area contributed by atoms with Crippen molar-refractivity contribution in [3.63, 3.8) is 0 Å². The zero-order valence-corrected chi connectivity index (χ0v) is 11.5. The maximum Gasteiger partial charge on any atom is 0.137 e. The first-order valence-electron chi connectivity index (χ1n) is 5.72. The first-order valence-corrected chi connectivity index (χ1v) is 6.10. The van der Waals surface area contributed by atoms with Crippen LogP contribution in [0.15, 0.2) is 0 Å². The number of halogens is 1. The van der Waals surface area contributed by atoms with Crippen molar-refractivity contribution >= 4 is 17.4 Å². The van der Waals surface area contributed by atoms with Crippen LogP contribution in [0.3, 0.4) is 0 Å². The largest absolute Gasteiger partial charge is 0.359 e. The molecule has 0 aliphatic rings. The molecule has 0 radical (unpaired) electrons. The molecule has 1 aromatic heterocycles. The molecule has 0 saturated heterocycles. The van der Waals surface area contributed by atoms with Crippen molar-refractivity contribution in [1.82, 2.24) is 9.97 Å². The van der Waals surface area contributed by atoms with Crippen LogP contribution in [0.1, 0.15) is 44.5 Å². The van der Waals surface area contributed by atoms with Crippen molar-refractivity contribution < 1.29 is 0 Å². The van der Waals surface area contributed by atoms with E-state index in [0.29, 0.717) is 11.1 Å². The zero-order valence-electron chi connectivity index (χ0n) is 10.7. The van der Waals surface area contributed by atoms with Crippen LogP contribution in [0, 0.1) is 6.92 Å². The number of hydrogen-bond donors (Lipinski definition) is 0. The third-order valence-corrected chi connectivity index (χ3v) is 2.88. The minimum absolute atomic E-state index is 0.298. The third kappa shape index (κ3) is 2.85. The third-order valence-electron chi connectivity index (χ3n) is 2.51. The number of anilines is 1. The van der Waals surface area contributed by atoms with E-state index in [4.69, 9.17) is 11.6 Å². The molecule has 0 fully saturated rings. The lowest BCUT2D eigenvalue weighted by Gasteiger charge is -2.21. The molecule has 0 saturated carbocycles. The molecular weight excluding hydrogens is 222 g/mol. The second kappa shape index (κ2) is 5.48. The smallest absolute Gasteiger partial charge is 0.137 e. The van der Waals surface area contributed by atoms with Gasteiger partial charge in [0.1, 0.15) is 16.8 Å². The highest BCUT2D eigenvalue weighted by molar-refractivity contribution is 6.30. The van der Waals surface area contributed by atoms with Crippen LogP contribution >= 0.6 is 11.6 Å². The molecule has 0 aliphatic carbocycles. The second-order valence-corrected chi connectivity index (χ2v) is 4.76. The zero-order chi connectivity index (χ0) is 12.3. The Hall–Kier alpha value is -0.830. The maximum absolute atomic E-state index is 6.13. The van der Waals surface area contributed by atoms with Gasteiger partial charge in [-0.25, -0.2) is 9.97 Å². The molecule has 90 valence electrons. The molecule has 1 heterocycles. The van der Waals surface area contributed by atoms with Crippen LogP contribution < -0.4 is 4.90 Å². The molecule has 0 bridgehead atoms. The van der Waals surface area contributed by atoms with Crippen molar-refractivity contribution in [2.75, 3.05) is 18.5 Å². The first kappa shape index (κ1) is 13.2. The molecule has 0 aliphatic heterocycles. The lowest BCUT2D eigenvalue weighted by molar-refractivity contribution is 0.753. The molecule has 0 atom stereocenters. The number of rotatable bonds is 4. The van der Waals surface area contributed by atoms with Gasteiger partial charge in [-0.15, -0.1) is 0 Å². The summed E-state index contributed by atoms with van der Waals surface area (Å²) in [6.07, 6.45) is 1.09. The van der Waals surface area contributed by atoms with Gasteiger partial charge in [-0.3, -0.25) is 0 Å². The van der Waals surface area contributed by atoms with Gasteiger partial charge in [0.2, 0.25) is 0 Å². The molecule has 16 heavy (non-hydrogen) atoms. The number of hydrogen-bond acceptors (Lipinski definition) is 3. The minimum atomic E-state index is 0.298. The van der Waals surface area contributed by atoms with E-state index in [0.717, 1.165) is 30.2 Å². The van der Waals surface area contributed by atoms with Gasteiger partial charge in [-0.05, 0) is 13.3 Å². The molecule has 4 heteroatoms. The number of nitrogens with zero attached hydrogens (tertiary/aromatic N) is 3. The predicted molar refractivity (Wildman–Crippen MR) is 69.4 cm³/mol. The molecule has 0 amide bonds. The van der Waals surface area contributed by atoms with Gasteiger partial charge in [0.15, 0.2) is 0 Å². The molecule has 3 nitrogen and oxygen atoms in total. The van der Waals surface area contributed by atoms with E-state index in [2.05, 4.69) is 35.6 Å². The van der Waals surface area contributed by atoms with E-state index in [-0.39, 0.29) is 0 Å². The molecule has 0 unspecified atom stereocenters. The van der Waals surface area contributed by atoms with E-state index in [1.165, 1.54) is 0 Å². The molecular formula is C12H20ClN3. The van der Waals surface area contributed by atoms with Gasteiger partial charge in [0, 0.05) is 25.1 Å². The summed E-state index contributed by atoms with van der Waals surface area (Å²) in [6.45, 7) is 9.24. The summed E-state index contributed by atoms with van der Waals surface area (Å²) in [5.41, 5.74) is 0.960. The summed E-state index contributed by atoms with van der Waals surface area (Å²) >= 11 is 6.13. The average Bonchev–Trinajstić information content (AvgIpc) is 2.21. The summed E-state index contributed by atoms with van der Waals surface area (Å²) in [6, 6.07) is 0. The van der Waals surface area contributed by atoms with Gasteiger partial charge in [-0.2, -0.15) is 0 Å². The van der Waals surface area contributed by atoms with Gasteiger partial charge in [0.05, 0.1) is 0 Å². The molecule has 1 rings (SSSR count). The van der Waals surface area contributed by atoms with Crippen LogP contribution in [0.5, 0.6) is 0 Å². The fourth-order valence-electron chi connectivity index (χ4n) is 1.57. The lowest BCUT2D eigenvalue weighted by atomic mass is 10.2. The van der Waals surface area contributed by atoms with E-state index in [1.807, 2.05) is 14.0 Å². The van der Waals surface area contributed by atoms with Crippen molar-refractivity contribution in [2.45, 2.75) is 40.0 Å². The van der Waals surface area contributed by atoms with Gasteiger partial charge in [0.25, 0.3) is 0 Å². The van der Waals surface area contributed by atoms with E-state index >= 15 is 0 Å². The van der Waals surface area contributed by atoms with Crippen molar-refractivity contribution in [2.24, 2.45) is 0 Å². The summed E-state index contributed by atoms with van der Waals surface area (Å²) in [4.78, 5) is 11.0. The topological polar surface area (TPSA) is 29.0 Å².